The van der Waals surface area contributed by atoms with E-state index < -0.39 is 12.0 Å². The first-order chi connectivity index (χ1) is 8.77. The van der Waals surface area contributed by atoms with Gasteiger partial charge in [-0.25, -0.2) is 9.78 Å². The predicted octanol–water partition coefficient (Wildman–Crippen LogP) is 2.30. The van der Waals surface area contributed by atoms with Crippen molar-refractivity contribution in [3.05, 3.63) is 24.4 Å². The van der Waals surface area contributed by atoms with Crippen LogP contribution >= 0.6 is 0 Å². The topological polar surface area (TPSA) is 53.4 Å². The second-order valence-electron chi connectivity index (χ2n) is 5.30. The number of rotatable bonds is 2. The van der Waals surface area contributed by atoms with Crippen LogP contribution in [0.1, 0.15) is 32.1 Å². The molecule has 1 aliphatic heterocycles. The summed E-state index contributed by atoms with van der Waals surface area (Å²) in [7, 11) is 0. The van der Waals surface area contributed by atoms with E-state index in [1.807, 2.05) is 23.1 Å². The Hall–Kier alpha value is -1.58. The fourth-order valence-electron chi connectivity index (χ4n) is 3.52. The lowest BCUT2D eigenvalue weighted by Crippen LogP contribution is -2.42. The molecule has 1 aliphatic carbocycles. The fraction of sp³-hybridized carbons (Fsp3) is 0.571. The third kappa shape index (κ3) is 1.85. The summed E-state index contributed by atoms with van der Waals surface area (Å²) in [5.41, 5.74) is 0. The Morgan fingerprint density at radius 1 is 1.33 bits per heavy atom. The van der Waals surface area contributed by atoms with Crippen LogP contribution in [0.3, 0.4) is 0 Å². The number of carboxylic acid groups (broad SMARTS) is 1. The number of carboxylic acids is 1. The molecule has 1 saturated carbocycles. The number of aliphatic carboxylic acids is 1. The average molecular weight is 246 g/mol. The van der Waals surface area contributed by atoms with Gasteiger partial charge >= 0.3 is 5.97 Å². The second-order valence-corrected chi connectivity index (χ2v) is 5.30. The van der Waals surface area contributed by atoms with Gasteiger partial charge in [0.25, 0.3) is 0 Å². The van der Waals surface area contributed by atoms with Gasteiger partial charge in [0, 0.05) is 12.2 Å². The lowest BCUT2D eigenvalue weighted by Gasteiger charge is -2.33. The van der Waals surface area contributed by atoms with Crippen LogP contribution in [0.2, 0.25) is 0 Å². The predicted molar refractivity (Wildman–Crippen MR) is 68.5 cm³/mol. The van der Waals surface area contributed by atoms with Crippen molar-refractivity contribution in [2.24, 2.45) is 5.92 Å². The molecule has 96 valence electrons. The van der Waals surface area contributed by atoms with E-state index in [0.717, 1.165) is 25.1 Å². The highest BCUT2D eigenvalue weighted by molar-refractivity contribution is 5.79. The van der Waals surface area contributed by atoms with E-state index in [2.05, 4.69) is 4.98 Å². The molecule has 0 amide bonds. The van der Waals surface area contributed by atoms with Gasteiger partial charge in [0.15, 0.2) is 0 Å². The Bertz CT molecular complexity index is 435. The summed E-state index contributed by atoms with van der Waals surface area (Å²) < 4.78 is 0. The first-order valence-electron chi connectivity index (χ1n) is 6.69. The van der Waals surface area contributed by atoms with Gasteiger partial charge < -0.3 is 10.0 Å². The van der Waals surface area contributed by atoms with Crippen LogP contribution in [0.5, 0.6) is 0 Å². The van der Waals surface area contributed by atoms with Crippen molar-refractivity contribution in [1.82, 2.24) is 4.98 Å². The van der Waals surface area contributed by atoms with Crippen LogP contribution in [0.4, 0.5) is 5.82 Å². The van der Waals surface area contributed by atoms with Crippen LogP contribution in [-0.4, -0.2) is 28.1 Å². The molecular weight excluding hydrogens is 228 g/mol. The molecule has 1 aromatic rings. The molecule has 0 bridgehead atoms. The van der Waals surface area contributed by atoms with E-state index >= 15 is 0 Å². The quantitative estimate of drug-likeness (QED) is 0.870. The molecule has 2 aliphatic rings. The summed E-state index contributed by atoms with van der Waals surface area (Å²) in [5, 5.41) is 9.42. The number of hydrogen-bond acceptors (Lipinski definition) is 3. The minimum Gasteiger partial charge on any atom is -0.480 e. The molecular formula is C14H18N2O2. The molecule has 2 heterocycles. The smallest absolute Gasteiger partial charge is 0.326 e. The summed E-state index contributed by atoms with van der Waals surface area (Å²) in [6.45, 7) is 0. The molecule has 1 N–H and O–H groups in total. The van der Waals surface area contributed by atoms with Gasteiger partial charge in [-0.1, -0.05) is 18.9 Å². The molecule has 3 atom stereocenters. The number of hydrogen-bond donors (Lipinski definition) is 1. The number of pyridine rings is 1. The minimum absolute atomic E-state index is 0.370. The normalized spacial score (nSPS) is 31.1. The molecule has 0 aromatic carbocycles. The van der Waals surface area contributed by atoms with Crippen LogP contribution in [-0.2, 0) is 4.79 Å². The zero-order valence-corrected chi connectivity index (χ0v) is 10.3. The molecule has 3 unspecified atom stereocenters. The van der Waals surface area contributed by atoms with Gasteiger partial charge in [0.2, 0.25) is 0 Å². The summed E-state index contributed by atoms with van der Waals surface area (Å²) in [5.74, 6) is 0.635. The number of nitrogens with zero attached hydrogens (tertiary/aromatic N) is 2. The number of aromatic nitrogens is 1. The lowest BCUT2D eigenvalue weighted by atomic mass is 9.85. The minimum atomic E-state index is -0.713. The molecule has 1 aromatic heterocycles. The first kappa shape index (κ1) is 11.5. The Kier molecular flexibility index (Phi) is 2.94. The maximum Gasteiger partial charge on any atom is 0.326 e. The summed E-state index contributed by atoms with van der Waals surface area (Å²) >= 11 is 0. The standard InChI is InChI=1S/C14H18N2O2/c17-14(18)12-9-10-5-1-2-6-11(10)16(12)13-7-3-4-8-15-13/h3-4,7-8,10-12H,1-2,5-6,9H2,(H,17,18). The largest absolute Gasteiger partial charge is 0.480 e. The Labute approximate surface area is 107 Å². The maximum absolute atomic E-state index is 11.5. The third-order valence-electron chi connectivity index (χ3n) is 4.29. The molecule has 4 nitrogen and oxygen atoms in total. The molecule has 2 fully saturated rings. The van der Waals surface area contributed by atoms with Crippen molar-refractivity contribution in [1.29, 1.82) is 0 Å². The van der Waals surface area contributed by atoms with E-state index in [4.69, 9.17) is 0 Å². The average Bonchev–Trinajstić information content (AvgIpc) is 2.79. The highest BCUT2D eigenvalue weighted by Gasteiger charge is 2.45. The van der Waals surface area contributed by atoms with Crippen molar-refractivity contribution in [2.45, 2.75) is 44.2 Å². The van der Waals surface area contributed by atoms with E-state index in [1.54, 1.807) is 6.20 Å². The van der Waals surface area contributed by atoms with Crippen molar-refractivity contribution >= 4 is 11.8 Å². The van der Waals surface area contributed by atoms with Gasteiger partial charge in [-0.05, 0) is 37.3 Å². The third-order valence-corrected chi connectivity index (χ3v) is 4.29. The fourth-order valence-corrected chi connectivity index (χ4v) is 3.52. The summed E-state index contributed by atoms with van der Waals surface area (Å²) in [6, 6.07) is 5.70. The van der Waals surface area contributed by atoms with Gasteiger partial charge in [-0.3, -0.25) is 0 Å². The van der Waals surface area contributed by atoms with Gasteiger partial charge in [-0.15, -0.1) is 0 Å². The zero-order valence-electron chi connectivity index (χ0n) is 10.3. The van der Waals surface area contributed by atoms with Crippen LogP contribution in [0.25, 0.3) is 0 Å². The van der Waals surface area contributed by atoms with E-state index in [-0.39, 0.29) is 0 Å². The maximum atomic E-state index is 11.5. The second kappa shape index (κ2) is 4.59. The van der Waals surface area contributed by atoms with E-state index in [0.29, 0.717) is 12.0 Å². The van der Waals surface area contributed by atoms with Gasteiger partial charge in [0.05, 0.1) is 0 Å². The molecule has 1 saturated heterocycles. The first-order valence-corrected chi connectivity index (χ1v) is 6.69. The Balaban J connectivity index is 1.94. The highest BCUT2D eigenvalue weighted by Crippen LogP contribution is 2.41. The van der Waals surface area contributed by atoms with Crippen LogP contribution in [0.15, 0.2) is 24.4 Å². The number of fused-ring (bicyclic) bond motifs is 1. The SMILES string of the molecule is O=C(O)C1CC2CCCCC2N1c1ccccn1. The molecule has 0 spiro atoms. The number of carbonyl (C=O) groups is 1. The van der Waals surface area contributed by atoms with Gasteiger partial charge in [-0.2, -0.15) is 0 Å². The van der Waals surface area contributed by atoms with Crippen LogP contribution < -0.4 is 4.90 Å². The molecule has 3 rings (SSSR count). The molecule has 0 radical (unpaired) electrons. The van der Waals surface area contributed by atoms with Crippen LogP contribution in [0, 0.1) is 5.92 Å². The summed E-state index contributed by atoms with van der Waals surface area (Å²) in [4.78, 5) is 17.9. The van der Waals surface area contributed by atoms with Crippen molar-refractivity contribution < 1.29 is 9.90 Å². The summed E-state index contributed by atoms with van der Waals surface area (Å²) in [6.07, 6.45) is 7.23. The Morgan fingerprint density at radius 2 is 2.17 bits per heavy atom. The van der Waals surface area contributed by atoms with Crippen molar-refractivity contribution in [3.63, 3.8) is 0 Å². The van der Waals surface area contributed by atoms with Crippen molar-refractivity contribution in [3.8, 4) is 0 Å². The zero-order chi connectivity index (χ0) is 12.5. The molecule has 4 heteroatoms. The van der Waals surface area contributed by atoms with E-state index in [1.165, 1.54) is 12.8 Å². The molecule has 18 heavy (non-hydrogen) atoms. The monoisotopic (exact) mass is 246 g/mol. The Morgan fingerprint density at radius 3 is 2.89 bits per heavy atom. The highest BCUT2D eigenvalue weighted by atomic mass is 16.4. The lowest BCUT2D eigenvalue weighted by molar-refractivity contribution is -0.138. The number of anilines is 1. The van der Waals surface area contributed by atoms with Crippen molar-refractivity contribution in [2.75, 3.05) is 4.90 Å². The van der Waals surface area contributed by atoms with E-state index in [9.17, 15) is 9.90 Å². The van der Waals surface area contributed by atoms with Gasteiger partial charge in [0.1, 0.15) is 11.9 Å².